The minimum Gasteiger partial charge on any atom is -0.297 e. The molecule has 0 saturated heterocycles. The number of benzene rings is 1. The summed E-state index contributed by atoms with van der Waals surface area (Å²) in [4.78, 5) is 12.5. The number of halogens is 2. The van der Waals surface area contributed by atoms with Crippen molar-refractivity contribution in [2.24, 2.45) is 0 Å². The number of carbonyl (C=O) groups is 1. The van der Waals surface area contributed by atoms with E-state index in [-0.39, 0.29) is 0 Å². The Bertz CT molecular complexity index is 507. The topological polar surface area (TPSA) is 17.1 Å². The van der Waals surface area contributed by atoms with Crippen molar-refractivity contribution in [3.05, 3.63) is 43.3 Å². The predicted molar refractivity (Wildman–Crippen MR) is 75.6 cm³/mol. The van der Waals surface area contributed by atoms with Crippen LogP contribution in [0.3, 0.4) is 0 Å². The van der Waals surface area contributed by atoms with Crippen molar-refractivity contribution in [3.63, 3.8) is 0 Å². The van der Waals surface area contributed by atoms with E-state index < -0.39 is 0 Å². The summed E-state index contributed by atoms with van der Waals surface area (Å²) in [5, 5.41) is 0. The Morgan fingerprint density at radius 3 is 2.73 bits per heavy atom. The predicted octanol–water partition coefficient (Wildman–Crippen LogP) is 4.59. The van der Waals surface area contributed by atoms with E-state index in [9.17, 15) is 4.79 Å². The normalized spacial score (nSPS) is 10.3. The summed E-state index contributed by atoms with van der Waals surface area (Å²) >= 11 is 7.26. The Morgan fingerprint density at radius 1 is 1.27 bits per heavy atom. The Hall–Kier alpha value is -0.200. The number of thiophene rings is 1. The highest BCUT2D eigenvalue weighted by molar-refractivity contribution is 14.1. The maximum atomic E-state index is 10.6. The molecule has 0 aliphatic rings. The minimum absolute atomic E-state index is 0.765. The zero-order valence-corrected chi connectivity index (χ0v) is 12.1. The van der Waals surface area contributed by atoms with E-state index in [1.54, 1.807) is 0 Å². The molecular formula is C11H6BrIOS. The molecule has 0 fully saturated rings. The van der Waals surface area contributed by atoms with Crippen molar-refractivity contribution >= 4 is 56.1 Å². The molecule has 2 aromatic rings. The van der Waals surface area contributed by atoms with Crippen LogP contribution in [0.1, 0.15) is 9.67 Å². The maximum absolute atomic E-state index is 10.6. The first-order valence-electron chi connectivity index (χ1n) is 4.21. The molecule has 0 aliphatic carbocycles. The van der Waals surface area contributed by atoms with E-state index >= 15 is 0 Å². The highest BCUT2D eigenvalue weighted by Gasteiger charge is 2.06. The third kappa shape index (κ3) is 2.49. The standard InChI is InChI=1S/C11H6BrIOS/c12-7-1-3-10(13)9(5-7)11-4-2-8(6-14)15-11/h1-6H. The fourth-order valence-corrected chi connectivity index (χ4v) is 3.27. The average Bonchev–Trinajstić information content (AvgIpc) is 2.70. The van der Waals surface area contributed by atoms with Gasteiger partial charge in [0.25, 0.3) is 0 Å². The van der Waals surface area contributed by atoms with Gasteiger partial charge in [-0.25, -0.2) is 0 Å². The van der Waals surface area contributed by atoms with Gasteiger partial charge in [0.1, 0.15) is 0 Å². The summed E-state index contributed by atoms with van der Waals surface area (Å²) in [6.45, 7) is 0. The van der Waals surface area contributed by atoms with Crippen molar-refractivity contribution in [2.75, 3.05) is 0 Å². The monoisotopic (exact) mass is 392 g/mol. The molecule has 0 bridgehead atoms. The molecule has 2 rings (SSSR count). The smallest absolute Gasteiger partial charge is 0.160 e. The van der Waals surface area contributed by atoms with Crippen LogP contribution in [0.15, 0.2) is 34.8 Å². The molecule has 0 amide bonds. The van der Waals surface area contributed by atoms with Gasteiger partial charge in [-0.2, -0.15) is 0 Å². The van der Waals surface area contributed by atoms with Crippen molar-refractivity contribution in [1.82, 2.24) is 0 Å². The fraction of sp³-hybridized carbons (Fsp3) is 0. The summed E-state index contributed by atoms with van der Waals surface area (Å²) in [5.74, 6) is 0. The molecular weight excluding hydrogens is 387 g/mol. The summed E-state index contributed by atoms with van der Waals surface area (Å²) in [6.07, 6.45) is 0.888. The summed E-state index contributed by atoms with van der Waals surface area (Å²) in [7, 11) is 0. The van der Waals surface area contributed by atoms with Gasteiger partial charge < -0.3 is 0 Å². The van der Waals surface area contributed by atoms with Gasteiger partial charge in [0.15, 0.2) is 6.29 Å². The maximum Gasteiger partial charge on any atom is 0.160 e. The highest BCUT2D eigenvalue weighted by atomic mass is 127. The van der Waals surface area contributed by atoms with Crippen LogP contribution in [-0.4, -0.2) is 6.29 Å². The molecule has 1 aromatic carbocycles. The van der Waals surface area contributed by atoms with Crippen molar-refractivity contribution in [3.8, 4) is 10.4 Å². The SMILES string of the molecule is O=Cc1ccc(-c2cc(Br)ccc2I)s1. The van der Waals surface area contributed by atoms with Crippen molar-refractivity contribution < 1.29 is 4.79 Å². The summed E-state index contributed by atoms with van der Waals surface area (Å²) < 4.78 is 2.24. The van der Waals surface area contributed by atoms with Crippen LogP contribution in [-0.2, 0) is 0 Å². The number of carbonyl (C=O) groups excluding carboxylic acids is 1. The minimum atomic E-state index is 0.765. The molecule has 15 heavy (non-hydrogen) atoms. The second kappa shape index (κ2) is 4.76. The molecule has 1 nitrogen and oxygen atoms in total. The Morgan fingerprint density at radius 2 is 2.07 bits per heavy atom. The van der Waals surface area contributed by atoms with Crippen LogP contribution in [0.4, 0.5) is 0 Å². The Kier molecular flexibility index (Phi) is 3.58. The number of hydrogen-bond acceptors (Lipinski definition) is 2. The third-order valence-electron chi connectivity index (χ3n) is 1.94. The average molecular weight is 393 g/mol. The van der Waals surface area contributed by atoms with Gasteiger partial charge in [-0.05, 0) is 52.9 Å². The van der Waals surface area contributed by atoms with E-state index in [0.29, 0.717) is 0 Å². The zero-order chi connectivity index (χ0) is 10.8. The summed E-state index contributed by atoms with van der Waals surface area (Å²) in [5.41, 5.74) is 1.17. The molecule has 0 atom stereocenters. The van der Waals surface area contributed by atoms with Crippen LogP contribution < -0.4 is 0 Å². The molecule has 1 aromatic heterocycles. The lowest BCUT2D eigenvalue weighted by Crippen LogP contribution is -1.78. The first-order chi connectivity index (χ1) is 7.20. The molecule has 1 heterocycles. The first kappa shape index (κ1) is 11.3. The van der Waals surface area contributed by atoms with E-state index in [1.807, 2.05) is 18.2 Å². The summed E-state index contributed by atoms with van der Waals surface area (Å²) in [6, 6.07) is 9.98. The van der Waals surface area contributed by atoms with E-state index in [0.717, 1.165) is 20.5 Å². The van der Waals surface area contributed by atoms with E-state index in [4.69, 9.17) is 0 Å². The molecule has 0 spiro atoms. The van der Waals surface area contributed by atoms with Crippen molar-refractivity contribution in [2.45, 2.75) is 0 Å². The highest BCUT2D eigenvalue weighted by Crippen LogP contribution is 2.32. The van der Waals surface area contributed by atoms with Gasteiger partial charge in [-0.1, -0.05) is 15.9 Å². The molecule has 0 aliphatic heterocycles. The van der Waals surface area contributed by atoms with Crippen LogP contribution >= 0.6 is 49.9 Å². The lowest BCUT2D eigenvalue weighted by atomic mass is 10.2. The van der Waals surface area contributed by atoms with Gasteiger partial charge in [0.05, 0.1) is 4.88 Å². The second-order valence-electron chi connectivity index (χ2n) is 2.94. The molecule has 0 radical (unpaired) electrons. The molecule has 0 N–H and O–H groups in total. The second-order valence-corrected chi connectivity index (χ2v) is 6.14. The first-order valence-corrected chi connectivity index (χ1v) is 6.90. The molecule has 76 valence electrons. The molecule has 4 heteroatoms. The van der Waals surface area contributed by atoms with Crippen LogP contribution in [0.5, 0.6) is 0 Å². The van der Waals surface area contributed by atoms with E-state index in [2.05, 4.69) is 50.7 Å². The fourth-order valence-electron chi connectivity index (χ4n) is 1.25. The van der Waals surface area contributed by atoms with Gasteiger partial charge in [0, 0.05) is 18.5 Å². The zero-order valence-electron chi connectivity index (χ0n) is 7.54. The van der Waals surface area contributed by atoms with Crippen LogP contribution in [0.2, 0.25) is 0 Å². The molecule has 0 unspecified atom stereocenters. The van der Waals surface area contributed by atoms with E-state index in [1.165, 1.54) is 20.5 Å². The Labute approximate surface area is 114 Å². The van der Waals surface area contributed by atoms with Gasteiger partial charge in [-0.3, -0.25) is 4.79 Å². The largest absolute Gasteiger partial charge is 0.297 e. The van der Waals surface area contributed by atoms with Crippen LogP contribution in [0.25, 0.3) is 10.4 Å². The number of aldehydes is 1. The molecule has 0 saturated carbocycles. The lowest BCUT2D eigenvalue weighted by Gasteiger charge is -2.01. The van der Waals surface area contributed by atoms with Gasteiger partial charge in [-0.15, -0.1) is 11.3 Å². The van der Waals surface area contributed by atoms with Crippen LogP contribution in [0, 0.1) is 3.57 Å². The van der Waals surface area contributed by atoms with Gasteiger partial charge in [0.2, 0.25) is 0 Å². The van der Waals surface area contributed by atoms with Crippen molar-refractivity contribution in [1.29, 1.82) is 0 Å². The lowest BCUT2D eigenvalue weighted by molar-refractivity contribution is 0.112. The number of hydrogen-bond donors (Lipinski definition) is 0. The quantitative estimate of drug-likeness (QED) is 0.539. The Balaban J connectivity index is 2.52. The number of rotatable bonds is 2. The van der Waals surface area contributed by atoms with Gasteiger partial charge >= 0.3 is 0 Å². The third-order valence-corrected chi connectivity index (χ3v) is 4.41.